The molecule has 23 heavy (non-hydrogen) atoms. The minimum absolute atomic E-state index is 0.193. The number of anilines is 1. The van der Waals surface area contributed by atoms with Crippen molar-refractivity contribution < 1.29 is 13.5 Å². The van der Waals surface area contributed by atoms with Crippen molar-refractivity contribution in [1.82, 2.24) is 0 Å². The second-order valence-corrected chi connectivity index (χ2v) is 6.79. The fourth-order valence-corrected chi connectivity index (χ4v) is 3.42. The second-order valence-electron chi connectivity index (χ2n) is 5.02. The Morgan fingerprint density at radius 3 is 2.74 bits per heavy atom. The van der Waals surface area contributed by atoms with Crippen molar-refractivity contribution in [3.8, 4) is 0 Å². The predicted molar refractivity (Wildman–Crippen MR) is 92.8 cm³/mol. The molecule has 1 heterocycles. The molecule has 2 aromatic rings. The molecule has 1 N–H and O–H groups in total. The van der Waals surface area contributed by atoms with Gasteiger partial charge in [-0.2, -0.15) is 0 Å². The lowest BCUT2D eigenvalue weighted by molar-refractivity contribution is 0.143. The summed E-state index contributed by atoms with van der Waals surface area (Å²) in [5.74, 6) is -0.421. The molecule has 1 unspecified atom stereocenters. The monoisotopic (exact) mass is 444 g/mol. The van der Waals surface area contributed by atoms with E-state index >= 15 is 0 Å². The van der Waals surface area contributed by atoms with E-state index in [2.05, 4.69) is 42.2 Å². The summed E-state index contributed by atoms with van der Waals surface area (Å²) in [6.07, 6.45) is 0. The van der Waals surface area contributed by atoms with E-state index in [1.165, 1.54) is 0 Å². The Balaban J connectivity index is 1.85. The summed E-state index contributed by atoms with van der Waals surface area (Å²) in [5.41, 5.74) is 1.01. The number of benzene rings is 2. The van der Waals surface area contributed by atoms with E-state index in [0.29, 0.717) is 5.84 Å². The molecule has 2 aromatic carbocycles. The Bertz CT molecular complexity index is 768. The lowest BCUT2D eigenvalue weighted by Gasteiger charge is -2.23. The summed E-state index contributed by atoms with van der Waals surface area (Å²) in [6, 6.07) is 8.44. The number of hydrogen-bond donors (Lipinski definition) is 1. The van der Waals surface area contributed by atoms with E-state index < -0.39 is 17.7 Å². The summed E-state index contributed by atoms with van der Waals surface area (Å²) in [6.45, 7) is 0.503. The van der Waals surface area contributed by atoms with Gasteiger partial charge in [-0.3, -0.25) is 4.99 Å². The summed E-state index contributed by atoms with van der Waals surface area (Å²) in [4.78, 5) is 4.45. The van der Waals surface area contributed by atoms with E-state index in [0.717, 1.165) is 32.8 Å². The molecule has 120 valence electrons. The molecule has 1 atom stereocenters. The van der Waals surface area contributed by atoms with Crippen LogP contribution in [0.4, 0.5) is 14.5 Å². The number of aliphatic imine (C=N–C) groups is 1. The molecule has 0 saturated carbocycles. The average molecular weight is 446 g/mol. The highest BCUT2D eigenvalue weighted by Gasteiger charge is 2.21. The maximum atomic E-state index is 13.9. The maximum absolute atomic E-state index is 13.9. The quantitative estimate of drug-likeness (QED) is 0.699. The zero-order valence-electron chi connectivity index (χ0n) is 11.8. The molecule has 0 bridgehead atoms. The third-order valence-electron chi connectivity index (χ3n) is 3.35. The van der Waals surface area contributed by atoms with Crippen molar-refractivity contribution >= 4 is 43.4 Å². The Morgan fingerprint density at radius 1 is 1.13 bits per heavy atom. The van der Waals surface area contributed by atoms with Crippen LogP contribution >= 0.6 is 31.9 Å². The van der Waals surface area contributed by atoms with Crippen molar-refractivity contribution in [2.24, 2.45) is 4.99 Å². The van der Waals surface area contributed by atoms with Gasteiger partial charge in [-0.15, -0.1) is 0 Å². The van der Waals surface area contributed by atoms with Crippen LogP contribution in [0, 0.1) is 11.6 Å². The van der Waals surface area contributed by atoms with Gasteiger partial charge in [-0.25, -0.2) is 8.78 Å². The van der Waals surface area contributed by atoms with Crippen LogP contribution in [0.1, 0.15) is 11.6 Å². The number of hydrogen-bond acceptors (Lipinski definition) is 3. The zero-order chi connectivity index (χ0) is 16.4. The molecule has 0 aromatic heterocycles. The highest BCUT2D eigenvalue weighted by molar-refractivity contribution is 9.11. The minimum Gasteiger partial charge on any atom is -0.371 e. The number of nitrogens with zero attached hydrogens (tertiary/aromatic N) is 1. The van der Waals surface area contributed by atoms with Crippen molar-refractivity contribution in [2.75, 3.05) is 18.5 Å². The van der Waals surface area contributed by atoms with Gasteiger partial charge in [0, 0.05) is 14.5 Å². The number of halogens is 4. The Morgan fingerprint density at radius 2 is 1.96 bits per heavy atom. The fourth-order valence-electron chi connectivity index (χ4n) is 2.27. The molecule has 1 aliphatic heterocycles. The summed E-state index contributed by atoms with van der Waals surface area (Å²) >= 11 is 6.84. The third-order valence-corrected chi connectivity index (χ3v) is 4.50. The summed E-state index contributed by atoms with van der Waals surface area (Å²) < 4.78 is 34.5. The average Bonchev–Trinajstić information content (AvgIpc) is 2.53. The normalized spacial score (nSPS) is 17.7. The van der Waals surface area contributed by atoms with Gasteiger partial charge in [0.05, 0.1) is 12.3 Å². The van der Waals surface area contributed by atoms with E-state index in [1.807, 2.05) is 18.2 Å². The Hall–Kier alpha value is -1.31. The van der Waals surface area contributed by atoms with Gasteiger partial charge in [0.1, 0.15) is 30.1 Å². The Labute approximate surface area is 149 Å². The van der Waals surface area contributed by atoms with Gasteiger partial charge in [0.2, 0.25) is 0 Å². The zero-order valence-corrected chi connectivity index (χ0v) is 15.0. The second kappa shape index (κ2) is 7.07. The van der Waals surface area contributed by atoms with Gasteiger partial charge in [0.15, 0.2) is 0 Å². The van der Waals surface area contributed by atoms with Crippen LogP contribution in [0.5, 0.6) is 0 Å². The standard InChI is InChI=1S/C16H12Br2F2N2O/c17-9-1-4-14(12(18)5-9)21-16-8-23-7-15(22-16)11-6-10(19)2-3-13(11)20/h1-6,15H,7-8H2,(H,21,22). The van der Waals surface area contributed by atoms with E-state index in [4.69, 9.17) is 4.74 Å². The predicted octanol–water partition coefficient (Wildman–Crippen LogP) is 5.07. The van der Waals surface area contributed by atoms with E-state index in [9.17, 15) is 8.78 Å². The Kier molecular flexibility index (Phi) is 5.08. The summed E-state index contributed by atoms with van der Waals surface area (Å²) in [7, 11) is 0. The van der Waals surface area contributed by atoms with E-state index in [-0.39, 0.29) is 18.8 Å². The molecule has 7 heteroatoms. The van der Waals surface area contributed by atoms with Crippen LogP contribution in [-0.4, -0.2) is 19.0 Å². The van der Waals surface area contributed by atoms with Gasteiger partial charge in [-0.05, 0) is 52.3 Å². The SMILES string of the molecule is Fc1ccc(F)c(C2COCC(Nc3ccc(Br)cc3Br)=N2)c1. The molecule has 0 saturated heterocycles. The topological polar surface area (TPSA) is 33.6 Å². The first kappa shape index (κ1) is 16.5. The molecular weight excluding hydrogens is 434 g/mol. The van der Waals surface area contributed by atoms with Gasteiger partial charge >= 0.3 is 0 Å². The van der Waals surface area contributed by atoms with Crippen molar-refractivity contribution in [3.63, 3.8) is 0 Å². The molecule has 0 fully saturated rings. The highest BCUT2D eigenvalue weighted by atomic mass is 79.9. The first-order valence-electron chi connectivity index (χ1n) is 6.84. The lowest BCUT2D eigenvalue weighted by atomic mass is 10.1. The number of rotatable bonds is 2. The van der Waals surface area contributed by atoms with Crippen molar-refractivity contribution in [1.29, 1.82) is 0 Å². The first-order valence-corrected chi connectivity index (χ1v) is 8.43. The lowest BCUT2D eigenvalue weighted by Crippen LogP contribution is -2.27. The van der Waals surface area contributed by atoms with Gasteiger partial charge in [-0.1, -0.05) is 15.9 Å². The molecule has 3 rings (SSSR count). The maximum Gasteiger partial charge on any atom is 0.128 e. The van der Waals surface area contributed by atoms with Crippen LogP contribution in [0.15, 0.2) is 50.3 Å². The van der Waals surface area contributed by atoms with Gasteiger partial charge in [0.25, 0.3) is 0 Å². The number of ether oxygens (including phenoxy) is 1. The van der Waals surface area contributed by atoms with Crippen LogP contribution < -0.4 is 5.32 Å². The molecule has 1 aliphatic rings. The fraction of sp³-hybridized carbons (Fsp3) is 0.188. The van der Waals surface area contributed by atoms with Crippen molar-refractivity contribution in [2.45, 2.75) is 6.04 Å². The van der Waals surface area contributed by atoms with Crippen LogP contribution in [-0.2, 0) is 4.74 Å². The largest absolute Gasteiger partial charge is 0.371 e. The summed E-state index contributed by atoms with van der Waals surface area (Å²) in [5, 5.41) is 3.15. The van der Waals surface area contributed by atoms with Crippen LogP contribution in [0.3, 0.4) is 0 Å². The number of amidine groups is 1. The van der Waals surface area contributed by atoms with Crippen LogP contribution in [0.25, 0.3) is 0 Å². The van der Waals surface area contributed by atoms with Crippen LogP contribution in [0.2, 0.25) is 0 Å². The van der Waals surface area contributed by atoms with Gasteiger partial charge < -0.3 is 10.1 Å². The van der Waals surface area contributed by atoms with E-state index in [1.54, 1.807) is 0 Å². The molecule has 3 nitrogen and oxygen atoms in total. The molecule has 0 aliphatic carbocycles. The smallest absolute Gasteiger partial charge is 0.128 e. The molecule has 0 spiro atoms. The highest BCUT2D eigenvalue weighted by Crippen LogP contribution is 2.28. The minimum atomic E-state index is -0.573. The van der Waals surface area contributed by atoms with Crippen molar-refractivity contribution in [3.05, 3.63) is 62.5 Å². The first-order chi connectivity index (χ1) is 11.0. The molecule has 0 radical (unpaired) electrons. The number of nitrogens with one attached hydrogen (secondary N) is 1. The molecule has 0 amide bonds. The third kappa shape index (κ3) is 3.97. The molecular formula is C16H12Br2F2N2O.